The molecule has 0 fully saturated rings. The van der Waals surface area contributed by atoms with E-state index in [0.717, 1.165) is 5.56 Å². The van der Waals surface area contributed by atoms with Crippen LogP contribution in [0.15, 0.2) is 47.1 Å². The van der Waals surface area contributed by atoms with Crippen molar-refractivity contribution in [1.29, 1.82) is 0 Å². The third kappa shape index (κ3) is 2.53. The van der Waals surface area contributed by atoms with Crippen molar-refractivity contribution in [2.24, 2.45) is 0 Å². The van der Waals surface area contributed by atoms with Crippen molar-refractivity contribution in [2.45, 2.75) is 12.8 Å². The van der Waals surface area contributed by atoms with Crippen molar-refractivity contribution >= 4 is 11.6 Å². The van der Waals surface area contributed by atoms with Gasteiger partial charge in [0.25, 0.3) is 0 Å². The first-order chi connectivity index (χ1) is 9.74. The summed E-state index contributed by atoms with van der Waals surface area (Å²) in [6.07, 6.45) is 1.60. The van der Waals surface area contributed by atoms with Gasteiger partial charge in [0, 0.05) is 11.2 Å². The van der Waals surface area contributed by atoms with Gasteiger partial charge in [0.05, 0.1) is 5.92 Å². The molecule has 0 saturated carbocycles. The number of nitrogens with zero attached hydrogens (tertiary/aromatic N) is 4. The molecule has 100 valence electrons. The molecular weight excluding hydrogens is 276 g/mol. The molecule has 3 aromatic rings. The van der Waals surface area contributed by atoms with E-state index in [1.807, 2.05) is 31.2 Å². The van der Waals surface area contributed by atoms with Gasteiger partial charge in [-0.1, -0.05) is 28.9 Å². The molecule has 0 saturated heterocycles. The topological polar surface area (TPSA) is 64.7 Å². The van der Waals surface area contributed by atoms with Crippen LogP contribution in [-0.4, -0.2) is 20.3 Å². The molecule has 1 atom stereocenters. The Labute approximate surface area is 120 Å². The second-order valence-electron chi connectivity index (χ2n) is 4.34. The highest BCUT2D eigenvalue weighted by Gasteiger charge is 2.17. The van der Waals surface area contributed by atoms with Gasteiger partial charge in [-0.15, -0.1) is 5.10 Å². The summed E-state index contributed by atoms with van der Waals surface area (Å²) in [5.74, 6) is 0.965. The lowest BCUT2D eigenvalue weighted by atomic mass is 10.0. The third-order valence-electron chi connectivity index (χ3n) is 2.98. The quantitative estimate of drug-likeness (QED) is 0.739. The fraction of sp³-hybridized carbons (Fsp3) is 0.143. The minimum Gasteiger partial charge on any atom is -0.338 e. The van der Waals surface area contributed by atoms with Gasteiger partial charge in [0.2, 0.25) is 11.7 Å². The highest BCUT2D eigenvalue weighted by molar-refractivity contribution is 6.30. The van der Waals surface area contributed by atoms with Crippen LogP contribution in [-0.2, 0) is 0 Å². The van der Waals surface area contributed by atoms with Crippen molar-refractivity contribution in [1.82, 2.24) is 20.3 Å². The minimum absolute atomic E-state index is 0.00909. The summed E-state index contributed by atoms with van der Waals surface area (Å²) in [7, 11) is 0. The number of benzene rings is 1. The Hall–Kier alpha value is -2.27. The summed E-state index contributed by atoms with van der Waals surface area (Å²) in [6.45, 7) is 2.00. The minimum atomic E-state index is -0.00909. The summed E-state index contributed by atoms with van der Waals surface area (Å²) in [5, 5.41) is 12.4. The van der Waals surface area contributed by atoms with Crippen molar-refractivity contribution < 1.29 is 4.52 Å². The van der Waals surface area contributed by atoms with Crippen LogP contribution >= 0.6 is 11.6 Å². The van der Waals surface area contributed by atoms with Crippen LogP contribution in [0, 0.1) is 0 Å². The average Bonchev–Trinajstić information content (AvgIpc) is 2.98. The van der Waals surface area contributed by atoms with Crippen LogP contribution in [0.3, 0.4) is 0 Å². The monoisotopic (exact) mass is 286 g/mol. The van der Waals surface area contributed by atoms with E-state index in [9.17, 15) is 0 Å². The van der Waals surface area contributed by atoms with Crippen LogP contribution in [0.2, 0.25) is 5.02 Å². The van der Waals surface area contributed by atoms with Crippen molar-refractivity contribution in [3.63, 3.8) is 0 Å². The summed E-state index contributed by atoms with van der Waals surface area (Å²) in [5.41, 5.74) is 1.65. The highest BCUT2D eigenvalue weighted by atomic mass is 35.5. The highest BCUT2D eigenvalue weighted by Crippen LogP contribution is 2.25. The fourth-order valence-corrected chi connectivity index (χ4v) is 1.96. The van der Waals surface area contributed by atoms with Crippen LogP contribution in [0.25, 0.3) is 11.5 Å². The van der Waals surface area contributed by atoms with E-state index in [0.29, 0.717) is 22.4 Å². The number of rotatable bonds is 3. The lowest BCUT2D eigenvalue weighted by Crippen LogP contribution is -1.96. The molecular formula is C14H11ClN4O. The zero-order valence-corrected chi connectivity index (χ0v) is 11.4. The summed E-state index contributed by atoms with van der Waals surface area (Å²) < 4.78 is 5.30. The predicted octanol–water partition coefficient (Wildman–Crippen LogP) is 3.33. The maximum atomic E-state index is 5.88. The van der Waals surface area contributed by atoms with E-state index >= 15 is 0 Å². The molecule has 0 unspecified atom stereocenters. The zero-order chi connectivity index (χ0) is 13.9. The Balaban J connectivity index is 1.88. The van der Waals surface area contributed by atoms with Crippen LogP contribution in [0.4, 0.5) is 0 Å². The normalized spacial score (nSPS) is 12.3. The van der Waals surface area contributed by atoms with Crippen molar-refractivity contribution in [3.8, 4) is 11.5 Å². The lowest BCUT2D eigenvalue weighted by molar-refractivity contribution is 0.370. The molecule has 3 rings (SSSR count). The second kappa shape index (κ2) is 5.38. The van der Waals surface area contributed by atoms with Crippen LogP contribution in [0.1, 0.15) is 24.3 Å². The second-order valence-corrected chi connectivity index (χ2v) is 4.77. The molecule has 0 aliphatic carbocycles. The number of aromatic nitrogens is 4. The Morgan fingerprint density at radius 3 is 2.65 bits per heavy atom. The number of hydrogen-bond acceptors (Lipinski definition) is 5. The lowest BCUT2D eigenvalue weighted by Gasteiger charge is -2.06. The van der Waals surface area contributed by atoms with Crippen LogP contribution in [0.5, 0.6) is 0 Å². The van der Waals surface area contributed by atoms with E-state index in [1.54, 1.807) is 18.3 Å². The van der Waals surface area contributed by atoms with Crippen molar-refractivity contribution in [3.05, 3.63) is 59.1 Å². The first kappa shape index (κ1) is 12.7. The molecule has 2 aromatic heterocycles. The molecule has 0 N–H and O–H groups in total. The standard InChI is InChI=1S/C14H11ClN4O/c1-9(10-4-6-11(15)7-5-10)14-17-13(19-20-14)12-3-2-8-16-18-12/h2-9H,1H3/t9-/m0/s1. The molecule has 6 heteroatoms. The Kier molecular flexibility index (Phi) is 3.43. The Morgan fingerprint density at radius 2 is 1.95 bits per heavy atom. The summed E-state index contributed by atoms with van der Waals surface area (Å²) in [6, 6.07) is 11.1. The smallest absolute Gasteiger partial charge is 0.234 e. The van der Waals surface area contributed by atoms with Gasteiger partial charge in [0.1, 0.15) is 5.69 Å². The fourth-order valence-electron chi connectivity index (χ4n) is 1.83. The van der Waals surface area contributed by atoms with Gasteiger partial charge >= 0.3 is 0 Å². The third-order valence-corrected chi connectivity index (χ3v) is 3.24. The average molecular weight is 287 g/mol. The van der Waals surface area contributed by atoms with Crippen molar-refractivity contribution in [2.75, 3.05) is 0 Å². The number of halogens is 1. The molecule has 0 bridgehead atoms. The summed E-state index contributed by atoms with van der Waals surface area (Å²) in [4.78, 5) is 4.37. The zero-order valence-electron chi connectivity index (χ0n) is 10.7. The molecule has 1 aromatic carbocycles. The van der Waals surface area contributed by atoms with Gasteiger partial charge < -0.3 is 4.52 Å². The van der Waals surface area contributed by atoms with E-state index in [1.165, 1.54) is 0 Å². The SMILES string of the molecule is C[C@@H](c1ccc(Cl)cc1)c1nc(-c2cccnn2)no1. The largest absolute Gasteiger partial charge is 0.338 e. The van der Waals surface area contributed by atoms with Gasteiger partial charge in [-0.25, -0.2) is 0 Å². The Bertz CT molecular complexity index is 697. The van der Waals surface area contributed by atoms with E-state index in [2.05, 4.69) is 20.3 Å². The molecule has 2 heterocycles. The van der Waals surface area contributed by atoms with Gasteiger partial charge in [-0.3, -0.25) is 0 Å². The molecule has 0 aliphatic rings. The maximum absolute atomic E-state index is 5.88. The maximum Gasteiger partial charge on any atom is 0.234 e. The Morgan fingerprint density at radius 1 is 1.15 bits per heavy atom. The molecule has 0 amide bonds. The van der Waals surface area contributed by atoms with E-state index < -0.39 is 0 Å². The van der Waals surface area contributed by atoms with E-state index in [-0.39, 0.29) is 5.92 Å². The van der Waals surface area contributed by atoms with Gasteiger partial charge in [0.15, 0.2) is 0 Å². The first-order valence-corrected chi connectivity index (χ1v) is 6.49. The predicted molar refractivity (Wildman–Crippen MR) is 74.3 cm³/mol. The summed E-state index contributed by atoms with van der Waals surface area (Å²) >= 11 is 5.88. The molecule has 20 heavy (non-hydrogen) atoms. The van der Waals surface area contributed by atoms with E-state index in [4.69, 9.17) is 16.1 Å². The first-order valence-electron chi connectivity index (χ1n) is 6.11. The van der Waals surface area contributed by atoms with Gasteiger partial charge in [-0.05, 0) is 36.8 Å². The molecule has 0 spiro atoms. The van der Waals surface area contributed by atoms with Crippen LogP contribution < -0.4 is 0 Å². The molecule has 0 aliphatic heterocycles. The molecule has 5 nitrogen and oxygen atoms in total. The van der Waals surface area contributed by atoms with Gasteiger partial charge in [-0.2, -0.15) is 10.1 Å². The molecule has 0 radical (unpaired) electrons. The number of hydrogen-bond donors (Lipinski definition) is 0.